The lowest BCUT2D eigenvalue weighted by atomic mass is 10.0. The van der Waals surface area contributed by atoms with E-state index in [1.165, 1.54) is 109 Å². The zero-order valence-corrected chi connectivity index (χ0v) is 52.6. The highest BCUT2D eigenvalue weighted by molar-refractivity contribution is 5.70. The van der Waals surface area contributed by atoms with Crippen LogP contribution in [0.1, 0.15) is 258 Å². The number of likely N-dealkylation sites (N-methyl/N-ethyl adjacent to an activating group) is 1. The van der Waals surface area contributed by atoms with Crippen LogP contribution in [-0.4, -0.2) is 82.3 Å². The molecule has 0 bridgehead atoms. The number of carbonyl (C=O) groups is 3. The predicted molar refractivity (Wildman–Crippen MR) is 343 cm³/mol. The third kappa shape index (κ3) is 63.1. The zero-order valence-electron chi connectivity index (χ0n) is 52.6. The fraction of sp³-hybridized carbons (Fsp3) is 0.681. The molecular weight excluding hydrogens is 1010 g/mol. The number of quaternary nitrogens is 1. The van der Waals surface area contributed by atoms with Crippen LogP contribution in [0.25, 0.3) is 0 Å². The highest BCUT2D eigenvalue weighted by Gasteiger charge is 2.22. The van der Waals surface area contributed by atoms with E-state index in [9.17, 15) is 19.5 Å². The third-order valence-corrected chi connectivity index (χ3v) is 13.7. The molecule has 0 fully saturated rings. The van der Waals surface area contributed by atoms with E-state index >= 15 is 0 Å². The van der Waals surface area contributed by atoms with Crippen molar-refractivity contribution in [2.75, 3.05) is 47.5 Å². The van der Waals surface area contributed by atoms with Gasteiger partial charge in [-0.2, -0.15) is 0 Å². The first-order valence-corrected chi connectivity index (χ1v) is 32.7. The smallest absolute Gasteiger partial charge is 0.306 e. The van der Waals surface area contributed by atoms with Gasteiger partial charge in [-0.15, -0.1) is 0 Å². The van der Waals surface area contributed by atoms with E-state index in [2.05, 4.69) is 135 Å². The molecule has 0 aliphatic carbocycles. The molecule has 0 N–H and O–H groups in total. The van der Waals surface area contributed by atoms with Gasteiger partial charge in [-0.25, -0.2) is 0 Å². The first-order valence-electron chi connectivity index (χ1n) is 32.7. The van der Waals surface area contributed by atoms with Crippen LogP contribution in [0.5, 0.6) is 0 Å². The monoisotopic (exact) mass is 1130 g/mol. The fourth-order valence-electron chi connectivity index (χ4n) is 8.70. The molecule has 9 heteroatoms. The van der Waals surface area contributed by atoms with Crippen molar-refractivity contribution < 1.29 is 42.9 Å². The number of ether oxygens (including phenoxy) is 4. The maximum absolute atomic E-state index is 12.9. The number of hydrogen-bond acceptors (Lipinski definition) is 8. The second kappa shape index (κ2) is 61.8. The number of allylic oxidation sites excluding steroid dienone is 20. The summed E-state index contributed by atoms with van der Waals surface area (Å²) < 4.78 is 22.7. The molecule has 0 spiro atoms. The SMILES string of the molecule is CC/C=C\C/C=C\C/C=C\C/C=C\C/C=C\C/C=C\C/C=C\C/C=C\C/C=C\CCCCCCCCCCCCCCCC(=O)OC(COC(=O)CCCCCCC/C=C\CCCCCCCC)COC(OCC[N+](C)(C)C)C(=O)[O-]. The van der Waals surface area contributed by atoms with Crippen LogP contribution in [0.3, 0.4) is 0 Å². The first kappa shape index (κ1) is 76.7. The van der Waals surface area contributed by atoms with Gasteiger partial charge in [0, 0.05) is 12.8 Å². The van der Waals surface area contributed by atoms with Crippen molar-refractivity contribution in [2.45, 2.75) is 270 Å². The molecule has 81 heavy (non-hydrogen) atoms. The van der Waals surface area contributed by atoms with Gasteiger partial charge in [-0.3, -0.25) is 9.59 Å². The summed E-state index contributed by atoms with van der Waals surface area (Å²) in [6, 6.07) is 0. The molecule has 9 nitrogen and oxygen atoms in total. The highest BCUT2D eigenvalue weighted by Crippen LogP contribution is 2.16. The molecule has 0 amide bonds. The van der Waals surface area contributed by atoms with Gasteiger partial charge in [0.1, 0.15) is 13.2 Å². The maximum atomic E-state index is 12.9. The Morgan fingerprint density at radius 2 is 0.704 bits per heavy atom. The number of carboxylic acid groups (broad SMARTS) is 1. The van der Waals surface area contributed by atoms with Crippen molar-refractivity contribution in [3.8, 4) is 0 Å². The summed E-state index contributed by atoms with van der Waals surface area (Å²) in [5, 5.41) is 11.8. The Hall–Kier alpha value is -4.31. The largest absolute Gasteiger partial charge is 0.545 e. The minimum absolute atomic E-state index is 0.142. The molecule has 0 aromatic heterocycles. The number of carbonyl (C=O) groups excluding carboxylic acids is 3. The average molecular weight is 1130 g/mol. The summed E-state index contributed by atoms with van der Waals surface area (Å²) in [4.78, 5) is 37.3. The second-order valence-electron chi connectivity index (χ2n) is 22.7. The molecule has 0 saturated heterocycles. The summed E-state index contributed by atoms with van der Waals surface area (Å²) in [7, 11) is 5.92. The topological polar surface area (TPSA) is 111 Å². The quantitative estimate of drug-likeness (QED) is 0.0195. The summed E-state index contributed by atoms with van der Waals surface area (Å²) in [6.45, 7) is 4.62. The van der Waals surface area contributed by atoms with Crippen LogP contribution in [0, 0.1) is 0 Å². The van der Waals surface area contributed by atoms with Crippen molar-refractivity contribution in [3.63, 3.8) is 0 Å². The summed E-state index contributed by atoms with van der Waals surface area (Å²) in [6.07, 6.45) is 84.1. The third-order valence-electron chi connectivity index (χ3n) is 13.7. The van der Waals surface area contributed by atoms with Crippen LogP contribution in [-0.2, 0) is 33.3 Å². The Kier molecular flexibility index (Phi) is 58.5. The molecular formula is C72H121NO8. The number of unbranched alkanes of at least 4 members (excludes halogenated alkanes) is 24. The Balaban J connectivity index is 4.09. The van der Waals surface area contributed by atoms with Gasteiger partial charge in [0.15, 0.2) is 12.4 Å². The van der Waals surface area contributed by atoms with Crippen LogP contribution in [0.4, 0.5) is 0 Å². The molecule has 2 atom stereocenters. The number of carboxylic acids is 1. The summed E-state index contributed by atoms with van der Waals surface area (Å²) >= 11 is 0. The van der Waals surface area contributed by atoms with E-state index in [1.807, 2.05) is 21.1 Å². The van der Waals surface area contributed by atoms with Crippen molar-refractivity contribution in [2.24, 2.45) is 0 Å². The van der Waals surface area contributed by atoms with Gasteiger partial charge in [-0.1, -0.05) is 257 Å². The molecule has 0 saturated carbocycles. The van der Waals surface area contributed by atoms with Crippen LogP contribution < -0.4 is 5.11 Å². The van der Waals surface area contributed by atoms with Gasteiger partial charge in [0.25, 0.3) is 0 Å². The molecule has 0 radical (unpaired) electrons. The summed E-state index contributed by atoms with van der Waals surface area (Å²) in [5.41, 5.74) is 0. The van der Waals surface area contributed by atoms with Gasteiger partial charge in [-0.05, 0) is 109 Å². The Bertz CT molecular complexity index is 1740. The Morgan fingerprint density at radius 1 is 0.383 bits per heavy atom. The number of nitrogens with zero attached hydrogens (tertiary/aromatic N) is 1. The fourth-order valence-corrected chi connectivity index (χ4v) is 8.70. The molecule has 0 aromatic carbocycles. The number of aliphatic carboxylic acids is 1. The zero-order chi connectivity index (χ0) is 59.1. The van der Waals surface area contributed by atoms with E-state index < -0.39 is 24.3 Å². The lowest BCUT2D eigenvalue weighted by Gasteiger charge is -2.26. The maximum Gasteiger partial charge on any atom is 0.306 e. The molecule has 2 unspecified atom stereocenters. The standard InChI is InChI=1S/C72H121NO8/c1-6-8-10-12-14-16-18-20-22-23-24-25-26-27-28-29-30-31-32-33-34-35-36-37-38-39-40-41-42-43-44-45-46-47-49-51-53-55-57-59-61-63-70(75)81-68(67-80-72(71(76)77)78-65-64-73(3,4)5)66-79-69(74)62-60-58-56-54-52-50-48-21-19-17-15-13-11-9-7-2/h8,10,14,16,20-22,24-25,27-28,30-31,33-34,36-37,39-40,48,68,72H,6-7,9,11-13,15,17-19,23,26,29,32,35,38,41-47,49-67H2,1-5H3/b10-8-,16-14-,22-20-,25-24-,28-27-,31-30-,34-33-,37-36-,40-39-,48-21-. The van der Waals surface area contributed by atoms with E-state index in [0.29, 0.717) is 17.4 Å². The first-order chi connectivity index (χ1) is 39.6. The molecule has 0 aliphatic heterocycles. The lowest BCUT2D eigenvalue weighted by Crippen LogP contribution is -2.44. The van der Waals surface area contributed by atoms with E-state index in [0.717, 1.165) is 116 Å². The van der Waals surface area contributed by atoms with E-state index in [-0.39, 0.29) is 38.6 Å². The van der Waals surface area contributed by atoms with Crippen molar-refractivity contribution in [1.82, 2.24) is 0 Å². The molecule has 462 valence electrons. The van der Waals surface area contributed by atoms with Gasteiger partial charge >= 0.3 is 11.9 Å². The molecule has 0 rings (SSSR count). The van der Waals surface area contributed by atoms with Crippen molar-refractivity contribution in [1.29, 1.82) is 0 Å². The summed E-state index contributed by atoms with van der Waals surface area (Å²) in [5.74, 6) is -2.30. The highest BCUT2D eigenvalue weighted by atomic mass is 16.7. The Morgan fingerprint density at radius 3 is 1.06 bits per heavy atom. The second-order valence-corrected chi connectivity index (χ2v) is 22.7. The lowest BCUT2D eigenvalue weighted by molar-refractivity contribution is -0.870. The van der Waals surface area contributed by atoms with Gasteiger partial charge in [0.2, 0.25) is 0 Å². The number of hydrogen-bond donors (Lipinski definition) is 0. The molecule has 0 heterocycles. The van der Waals surface area contributed by atoms with Gasteiger partial charge < -0.3 is 33.3 Å². The number of rotatable bonds is 59. The van der Waals surface area contributed by atoms with Crippen LogP contribution in [0.15, 0.2) is 122 Å². The van der Waals surface area contributed by atoms with Crippen LogP contribution in [0.2, 0.25) is 0 Å². The van der Waals surface area contributed by atoms with Crippen molar-refractivity contribution in [3.05, 3.63) is 122 Å². The van der Waals surface area contributed by atoms with Crippen LogP contribution >= 0.6 is 0 Å². The van der Waals surface area contributed by atoms with E-state index in [1.54, 1.807) is 0 Å². The molecule has 0 aromatic rings. The number of esters is 2. The predicted octanol–water partition coefficient (Wildman–Crippen LogP) is 18.7. The van der Waals surface area contributed by atoms with E-state index in [4.69, 9.17) is 18.9 Å². The average Bonchev–Trinajstić information content (AvgIpc) is 3.44. The van der Waals surface area contributed by atoms with Crippen molar-refractivity contribution >= 4 is 17.9 Å². The minimum atomic E-state index is -1.63. The molecule has 0 aliphatic rings. The minimum Gasteiger partial charge on any atom is -0.545 e. The normalized spacial score (nSPS) is 13.5. The Labute approximate surface area is 497 Å². The van der Waals surface area contributed by atoms with Gasteiger partial charge in [0.05, 0.1) is 40.3 Å².